The average Bonchev–Trinajstić information content (AvgIpc) is 2.73. The first-order valence-corrected chi connectivity index (χ1v) is 9.28. The fourth-order valence-corrected chi connectivity index (χ4v) is 3.43. The molecule has 7 nitrogen and oxygen atoms in total. The average molecular weight is 422 g/mol. The molecule has 1 aromatic heterocycles. The highest BCUT2D eigenvalue weighted by atomic mass is 19.4. The van der Waals surface area contributed by atoms with Crippen LogP contribution in [0.5, 0.6) is 0 Å². The van der Waals surface area contributed by atoms with Crippen molar-refractivity contribution in [2.75, 3.05) is 31.6 Å². The van der Waals surface area contributed by atoms with Gasteiger partial charge in [-0.3, -0.25) is 9.78 Å². The van der Waals surface area contributed by atoms with E-state index >= 15 is 0 Å². The summed E-state index contributed by atoms with van der Waals surface area (Å²) in [5, 5.41) is 11.9. The Bertz CT molecular complexity index is 918. The monoisotopic (exact) mass is 422 g/mol. The molecule has 0 spiro atoms. The molecule has 160 valence electrons. The number of piperazine rings is 1. The van der Waals surface area contributed by atoms with E-state index in [-0.39, 0.29) is 18.9 Å². The van der Waals surface area contributed by atoms with Crippen molar-refractivity contribution in [1.29, 1.82) is 0 Å². The zero-order valence-electron chi connectivity index (χ0n) is 16.2. The first kappa shape index (κ1) is 21.4. The highest BCUT2D eigenvalue weighted by Crippen LogP contribution is 2.32. The van der Waals surface area contributed by atoms with E-state index in [1.807, 2.05) is 4.90 Å². The molecule has 0 saturated carbocycles. The van der Waals surface area contributed by atoms with Crippen molar-refractivity contribution in [1.82, 2.24) is 15.2 Å². The van der Waals surface area contributed by atoms with Crippen LogP contribution in [0, 0.1) is 0 Å². The van der Waals surface area contributed by atoms with Crippen LogP contribution in [0.15, 0.2) is 42.6 Å². The maximum absolute atomic E-state index is 12.9. The van der Waals surface area contributed by atoms with Crippen LogP contribution < -0.4 is 10.2 Å². The Morgan fingerprint density at radius 2 is 2.00 bits per heavy atom. The highest BCUT2D eigenvalue weighted by Gasteiger charge is 2.32. The largest absolute Gasteiger partial charge is 0.465 e. The number of benzene rings is 1. The molecule has 1 aliphatic rings. The van der Waals surface area contributed by atoms with Gasteiger partial charge in [-0.15, -0.1) is 0 Å². The number of nitrogens with zero attached hydrogens (tertiary/aromatic N) is 3. The second-order valence-corrected chi connectivity index (χ2v) is 6.93. The molecule has 10 heteroatoms. The number of anilines is 1. The number of carboxylic acid groups (broad SMARTS) is 1. The molecular formula is C20H21F3N4O3. The van der Waals surface area contributed by atoms with E-state index in [4.69, 9.17) is 0 Å². The third-order valence-electron chi connectivity index (χ3n) is 5.03. The number of nitrogens with one attached hydrogen (secondary N) is 1. The molecule has 2 N–H and O–H groups in total. The molecule has 0 bridgehead atoms. The van der Waals surface area contributed by atoms with E-state index in [1.54, 1.807) is 24.4 Å². The van der Waals surface area contributed by atoms with Crippen molar-refractivity contribution in [3.63, 3.8) is 0 Å². The molecular weight excluding hydrogens is 401 g/mol. The van der Waals surface area contributed by atoms with Crippen molar-refractivity contribution >= 4 is 17.7 Å². The molecule has 0 radical (unpaired) electrons. The minimum Gasteiger partial charge on any atom is -0.465 e. The number of rotatable bonds is 4. The molecule has 3 rings (SSSR count). The standard InChI is InChI=1S/C20H21F3N4O3/c1-24-18(28)10-16-12-26(7-8-27(16)19(29)30)15-5-6-17(25-11-15)13-3-2-4-14(9-13)20(21,22)23/h2-6,9,11,16H,7-8,10,12H2,1H3,(H,24,28)(H,29,30). The summed E-state index contributed by atoms with van der Waals surface area (Å²) in [6.45, 7) is 0.956. The van der Waals surface area contributed by atoms with Crippen LogP contribution in [0.4, 0.5) is 23.7 Å². The summed E-state index contributed by atoms with van der Waals surface area (Å²) in [4.78, 5) is 30.7. The Labute approximate surface area is 171 Å². The number of halogens is 3. The number of aromatic nitrogens is 1. The third kappa shape index (κ3) is 4.81. The molecule has 1 aromatic carbocycles. The molecule has 2 heterocycles. The normalized spacial score (nSPS) is 17.0. The molecule has 30 heavy (non-hydrogen) atoms. The second kappa shape index (κ2) is 8.60. The number of alkyl halides is 3. The van der Waals surface area contributed by atoms with Crippen molar-refractivity contribution in [2.45, 2.75) is 18.6 Å². The van der Waals surface area contributed by atoms with Crippen LogP contribution in [0.2, 0.25) is 0 Å². The van der Waals surface area contributed by atoms with Crippen LogP contribution >= 0.6 is 0 Å². The Balaban J connectivity index is 1.77. The topological polar surface area (TPSA) is 85.8 Å². The molecule has 1 atom stereocenters. The van der Waals surface area contributed by atoms with Crippen molar-refractivity contribution in [3.05, 3.63) is 48.2 Å². The van der Waals surface area contributed by atoms with E-state index in [0.29, 0.717) is 30.0 Å². The van der Waals surface area contributed by atoms with Gasteiger partial charge in [-0.2, -0.15) is 13.2 Å². The predicted octanol–water partition coefficient (Wildman–Crippen LogP) is 3.07. The first-order valence-electron chi connectivity index (χ1n) is 9.28. The number of hydrogen-bond donors (Lipinski definition) is 2. The summed E-state index contributed by atoms with van der Waals surface area (Å²) in [5.41, 5.74) is 0.714. The smallest absolute Gasteiger partial charge is 0.416 e. The Hall–Kier alpha value is -3.30. The fraction of sp³-hybridized carbons (Fsp3) is 0.350. The summed E-state index contributed by atoms with van der Waals surface area (Å²) in [6, 6.07) is 7.79. The Kier molecular flexibility index (Phi) is 6.14. The van der Waals surface area contributed by atoms with Crippen LogP contribution in [0.25, 0.3) is 11.3 Å². The van der Waals surface area contributed by atoms with Gasteiger partial charge in [-0.05, 0) is 24.3 Å². The third-order valence-corrected chi connectivity index (χ3v) is 5.03. The summed E-state index contributed by atoms with van der Waals surface area (Å²) in [7, 11) is 1.49. The summed E-state index contributed by atoms with van der Waals surface area (Å²) in [6.07, 6.45) is -3.93. The molecule has 0 aliphatic carbocycles. The number of carbonyl (C=O) groups excluding carboxylic acids is 1. The van der Waals surface area contributed by atoms with Gasteiger partial charge in [0.15, 0.2) is 0 Å². The van der Waals surface area contributed by atoms with Gasteiger partial charge in [0.1, 0.15) is 0 Å². The minimum atomic E-state index is -4.43. The zero-order valence-corrected chi connectivity index (χ0v) is 16.2. The van der Waals surface area contributed by atoms with E-state index in [1.165, 1.54) is 18.0 Å². The lowest BCUT2D eigenvalue weighted by Crippen LogP contribution is -2.56. The summed E-state index contributed by atoms with van der Waals surface area (Å²) < 4.78 is 38.8. The Morgan fingerprint density at radius 1 is 1.23 bits per heavy atom. The fourth-order valence-electron chi connectivity index (χ4n) is 3.43. The minimum absolute atomic E-state index is 0.0368. The second-order valence-electron chi connectivity index (χ2n) is 6.93. The molecule has 1 saturated heterocycles. The van der Waals surface area contributed by atoms with E-state index in [9.17, 15) is 27.9 Å². The van der Waals surface area contributed by atoms with Crippen LogP contribution in [0.3, 0.4) is 0 Å². The van der Waals surface area contributed by atoms with Gasteiger partial charge in [0.05, 0.1) is 29.2 Å². The highest BCUT2D eigenvalue weighted by molar-refractivity contribution is 5.77. The maximum Gasteiger partial charge on any atom is 0.416 e. The summed E-state index contributed by atoms with van der Waals surface area (Å²) >= 11 is 0. The number of pyridine rings is 1. The van der Waals surface area contributed by atoms with Crippen LogP contribution in [-0.2, 0) is 11.0 Å². The first-order chi connectivity index (χ1) is 14.2. The van der Waals surface area contributed by atoms with Gasteiger partial charge < -0.3 is 20.2 Å². The molecule has 2 amide bonds. The SMILES string of the molecule is CNC(=O)CC1CN(c2ccc(-c3cccc(C(F)(F)F)c3)nc2)CCN1C(=O)O. The summed E-state index contributed by atoms with van der Waals surface area (Å²) in [5.74, 6) is -0.258. The van der Waals surface area contributed by atoms with Crippen LogP contribution in [-0.4, -0.2) is 59.7 Å². The zero-order chi connectivity index (χ0) is 21.9. The van der Waals surface area contributed by atoms with Gasteiger partial charge in [0.25, 0.3) is 0 Å². The predicted molar refractivity (Wildman–Crippen MR) is 104 cm³/mol. The van der Waals surface area contributed by atoms with E-state index < -0.39 is 23.9 Å². The number of hydrogen-bond acceptors (Lipinski definition) is 4. The van der Waals surface area contributed by atoms with Gasteiger partial charge in [0, 0.05) is 38.7 Å². The Morgan fingerprint density at radius 3 is 2.60 bits per heavy atom. The van der Waals surface area contributed by atoms with Gasteiger partial charge in [-0.25, -0.2) is 4.79 Å². The van der Waals surface area contributed by atoms with E-state index in [0.717, 1.165) is 12.1 Å². The lowest BCUT2D eigenvalue weighted by atomic mass is 10.1. The lowest BCUT2D eigenvalue weighted by molar-refractivity contribution is -0.137. The molecule has 1 unspecified atom stereocenters. The molecule has 1 aliphatic heterocycles. The van der Waals surface area contributed by atoms with Crippen LogP contribution in [0.1, 0.15) is 12.0 Å². The van der Waals surface area contributed by atoms with E-state index in [2.05, 4.69) is 10.3 Å². The number of amides is 2. The molecule has 1 fully saturated rings. The van der Waals surface area contributed by atoms with Crippen molar-refractivity contribution < 1.29 is 27.9 Å². The van der Waals surface area contributed by atoms with Crippen molar-refractivity contribution in [3.8, 4) is 11.3 Å². The lowest BCUT2D eigenvalue weighted by Gasteiger charge is -2.40. The maximum atomic E-state index is 12.9. The van der Waals surface area contributed by atoms with Crippen molar-refractivity contribution in [2.24, 2.45) is 0 Å². The molecule has 2 aromatic rings. The quantitative estimate of drug-likeness (QED) is 0.791. The van der Waals surface area contributed by atoms with Gasteiger partial charge >= 0.3 is 12.3 Å². The number of carbonyl (C=O) groups is 2. The van der Waals surface area contributed by atoms with Gasteiger partial charge in [0.2, 0.25) is 5.91 Å². The van der Waals surface area contributed by atoms with Gasteiger partial charge in [-0.1, -0.05) is 12.1 Å².